The Morgan fingerprint density at radius 2 is 1.73 bits per heavy atom. The van der Waals surface area contributed by atoms with Crippen LogP contribution in [-0.4, -0.2) is 10.2 Å². The highest BCUT2D eigenvalue weighted by atomic mass is 79.9. The Labute approximate surface area is 101 Å². The molecule has 0 saturated carbocycles. The summed E-state index contributed by atoms with van der Waals surface area (Å²) in [5.74, 6) is 0. The molecule has 0 fully saturated rings. The summed E-state index contributed by atoms with van der Waals surface area (Å²) in [6, 6.07) is 11.8. The first-order valence-corrected chi connectivity index (χ1v) is 5.94. The molecule has 1 heterocycles. The highest BCUT2D eigenvalue weighted by Gasteiger charge is 1.99. The Morgan fingerprint density at radius 1 is 1.00 bits per heavy atom. The Bertz CT molecular complexity index is 439. The Morgan fingerprint density at radius 3 is 2.27 bits per heavy atom. The lowest BCUT2D eigenvalue weighted by molar-refractivity contribution is 1.04. The standard InChI is InChI=1S/C11H8BrClN2/c12-7-8-1-3-9(4-2-8)10-5-6-11(13)15-14-10/h1-6H,7H2. The number of halogens is 2. The van der Waals surface area contributed by atoms with E-state index in [1.807, 2.05) is 18.2 Å². The number of hydrogen-bond donors (Lipinski definition) is 0. The van der Waals surface area contributed by atoms with E-state index in [0.717, 1.165) is 16.6 Å². The minimum atomic E-state index is 0.413. The van der Waals surface area contributed by atoms with Crippen LogP contribution in [0.1, 0.15) is 5.56 Å². The third kappa shape index (κ3) is 2.55. The topological polar surface area (TPSA) is 25.8 Å². The zero-order valence-electron chi connectivity index (χ0n) is 7.82. The van der Waals surface area contributed by atoms with Crippen molar-refractivity contribution in [2.45, 2.75) is 5.33 Å². The van der Waals surface area contributed by atoms with Crippen molar-refractivity contribution in [2.75, 3.05) is 0 Å². The first-order valence-electron chi connectivity index (χ1n) is 4.44. The summed E-state index contributed by atoms with van der Waals surface area (Å²) in [7, 11) is 0. The molecule has 0 amide bonds. The average Bonchev–Trinajstić information content (AvgIpc) is 2.30. The molecule has 1 aromatic heterocycles. The molecule has 0 aliphatic rings. The van der Waals surface area contributed by atoms with Crippen molar-refractivity contribution >= 4 is 27.5 Å². The fraction of sp³-hybridized carbons (Fsp3) is 0.0909. The van der Waals surface area contributed by atoms with Gasteiger partial charge in [0, 0.05) is 10.9 Å². The van der Waals surface area contributed by atoms with Crippen LogP contribution in [0.4, 0.5) is 0 Å². The summed E-state index contributed by atoms with van der Waals surface area (Å²) in [6.07, 6.45) is 0. The lowest BCUT2D eigenvalue weighted by Gasteiger charge is -2.00. The van der Waals surface area contributed by atoms with Gasteiger partial charge in [-0.05, 0) is 17.7 Å². The van der Waals surface area contributed by atoms with E-state index in [9.17, 15) is 0 Å². The summed E-state index contributed by atoms with van der Waals surface area (Å²) in [6.45, 7) is 0. The van der Waals surface area contributed by atoms with Crippen LogP contribution in [0.5, 0.6) is 0 Å². The lowest BCUT2D eigenvalue weighted by atomic mass is 10.1. The third-order valence-electron chi connectivity index (χ3n) is 2.04. The van der Waals surface area contributed by atoms with Gasteiger partial charge in [-0.1, -0.05) is 51.8 Å². The summed E-state index contributed by atoms with van der Waals surface area (Å²) < 4.78 is 0. The molecule has 0 saturated heterocycles. The molecule has 0 unspecified atom stereocenters. The van der Waals surface area contributed by atoms with E-state index in [-0.39, 0.29) is 0 Å². The van der Waals surface area contributed by atoms with Gasteiger partial charge in [0.15, 0.2) is 5.15 Å². The number of hydrogen-bond acceptors (Lipinski definition) is 2. The van der Waals surface area contributed by atoms with Crippen molar-refractivity contribution in [1.82, 2.24) is 10.2 Å². The molecule has 2 rings (SSSR count). The summed E-state index contributed by atoms with van der Waals surface area (Å²) in [5.41, 5.74) is 3.12. The second-order valence-electron chi connectivity index (χ2n) is 3.07. The van der Waals surface area contributed by atoms with Crippen LogP contribution in [0.3, 0.4) is 0 Å². The molecule has 0 aliphatic heterocycles. The van der Waals surface area contributed by atoms with E-state index in [1.54, 1.807) is 6.07 Å². The molecular formula is C11H8BrClN2. The molecule has 15 heavy (non-hydrogen) atoms. The van der Waals surface area contributed by atoms with Crippen LogP contribution >= 0.6 is 27.5 Å². The molecule has 0 spiro atoms. The van der Waals surface area contributed by atoms with E-state index in [1.165, 1.54) is 5.56 Å². The first-order chi connectivity index (χ1) is 7.29. The summed E-state index contributed by atoms with van der Waals surface area (Å²) >= 11 is 9.07. The van der Waals surface area contributed by atoms with Crippen molar-refractivity contribution < 1.29 is 0 Å². The highest BCUT2D eigenvalue weighted by molar-refractivity contribution is 9.08. The van der Waals surface area contributed by atoms with Gasteiger partial charge in [0.25, 0.3) is 0 Å². The second kappa shape index (κ2) is 4.73. The molecular weight excluding hydrogens is 275 g/mol. The smallest absolute Gasteiger partial charge is 0.149 e. The van der Waals surface area contributed by atoms with Gasteiger partial charge in [0.05, 0.1) is 5.69 Å². The maximum absolute atomic E-state index is 5.67. The van der Waals surface area contributed by atoms with Crippen molar-refractivity contribution in [3.63, 3.8) is 0 Å². The quantitative estimate of drug-likeness (QED) is 0.786. The zero-order chi connectivity index (χ0) is 10.7. The maximum Gasteiger partial charge on any atom is 0.151 e. The van der Waals surface area contributed by atoms with Crippen LogP contribution in [0, 0.1) is 0 Å². The van der Waals surface area contributed by atoms with Gasteiger partial charge < -0.3 is 0 Å². The number of nitrogens with zero attached hydrogens (tertiary/aromatic N) is 2. The molecule has 0 atom stereocenters. The Hall–Kier alpha value is -0.930. The Balaban J connectivity index is 2.33. The van der Waals surface area contributed by atoms with E-state index in [2.05, 4.69) is 38.3 Å². The van der Waals surface area contributed by atoms with Crippen molar-refractivity contribution in [1.29, 1.82) is 0 Å². The monoisotopic (exact) mass is 282 g/mol. The molecule has 4 heteroatoms. The van der Waals surface area contributed by atoms with Crippen LogP contribution < -0.4 is 0 Å². The van der Waals surface area contributed by atoms with Crippen LogP contribution in [0.25, 0.3) is 11.3 Å². The van der Waals surface area contributed by atoms with Crippen molar-refractivity contribution in [3.05, 3.63) is 47.1 Å². The first kappa shape index (κ1) is 10.6. The molecule has 76 valence electrons. The van der Waals surface area contributed by atoms with Crippen molar-refractivity contribution in [3.8, 4) is 11.3 Å². The molecule has 0 bridgehead atoms. The normalized spacial score (nSPS) is 10.3. The molecule has 1 aromatic carbocycles. The fourth-order valence-corrected chi connectivity index (χ4v) is 1.71. The molecule has 0 radical (unpaired) electrons. The van der Waals surface area contributed by atoms with Gasteiger partial charge in [-0.2, -0.15) is 0 Å². The predicted molar refractivity (Wildman–Crippen MR) is 65.1 cm³/mol. The third-order valence-corrected chi connectivity index (χ3v) is 2.89. The van der Waals surface area contributed by atoms with Gasteiger partial charge in [-0.3, -0.25) is 0 Å². The molecule has 0 aliphatic carbocycles. The van der Waals surface area contributed by atoms with E-state index in [0.29, 0.717) is 5.15 Å². The number of rotatable bonds is 2. The summed E-state index contributed by atoms with van der Waals surface area (Å²) in [4.78, 5) is 0. The molecule has 2 aromatic rings. The van der Waals surface area contributed by atoms with Crippen LogP contribution in [-0.2, 0) is 5.33 Å². The van der Waals surface area contributed by atoms with Gasteiger partial charge >= 0.3 is 0 Å². The Kier molecular flexibility index (Phi) is 3.34. The molecule has 0 N–H and O–H groups in total. The molecule has 2 nitrogen and oxygen atoms in total. The fourth-order valence-electron chi connectivity index (χ4n) is 1.23. The van der Waals surface area contributed by atoms with Crippen molar-refractivity contribution in [2.24, 2.45) is 0 Å². The SMILES string of the molecule is Clc1ccc(-c2ccc(CBr)cc2)nn1. The van der Waals surface area contributed by atoms with Crippen LogP contribution in [0.15, 0.2) is 36.4 Å². The number of alkyl halides is 1. The maximum atomic E-state index is 5.67. The van der Waals surface area contributed by atoms with E-state index >= 15 is 0 Å². The zero-order valence-corrected chi connectivity index (χ0v) is 10.2. The van der Waals surface area contributed by atoms with Gasteiger partial charge in [0.2, 0.25) is 0 Å². The van der Waals surface area contributed by atoms with E-state index in [4.69, 9.17) is 11.6 Å². The van der Waals surface area contributed by atoms with Gasteiger partial charge in [-0.15, -0.1) is 10.2 Å². The highest BCUT2D eigenvalue weighted by Crippen LogP contribution is 2.18. The second-order valence-corrected chi connectivity index (χ2v) is 4.02. The minimum Gasteiger partial charge on any atom is -0.149 e. The van der Waals surface area contributed by atoms with Gasteiger partial charge in [0.1, 0.15) is 0 Å². The van der Waals surface area contributed by atoms with Gasteiger partial charge in [-0.25, -0.2) is 0 Å². The minimum absolute atomic E-state index is 0.413. The average molecular weight is 284 g/mol. The lowest BCUT2D eigenvalue weighted by Crippen LogP contribution is -1.87. The largest absolute Gasteiger partial charge is 0.151 e. The number of benzene rings is 1. The predicted octanol–water partition coefficient (Wildman–Crippen LogP) is 3.69. The summed E-state index contributed by atoms with van der Waals surface area (Å²) in [5, 5.41) is 9.09. The van der Waals surface area contributed by atoms with E-state index < -0.39 is 0 Å². The van der Waals surface area contributed by atoms with Crippen LogP contribution in [0.2, 0.25) is 5.15 Å². The number of aromatic nitrogens is 2.